The number of hydrogen-bond acceptors (Lipinski definition) is 5. The van der Waals surface area contributed by atoms with Crippen molar-refractivity contribution in [1.29, 1.82) is 0 Å². The van der Waals surface area contributed by atoms with Gasteiger partial charge in [0.25, 0.3) is 5.91 Å². The number of fused-ring (bicyclic) bond motifs is 1. The Hall–Kier alpha value is -3.49. The van der Waals surface area contributed by atoms with E-state index in [-0.39, 0.29) is 29.4 Å². The molecule has 1 aromatic carbocycles. The zero-order chi connectivity index (χ0) is 21.4. The number of carbonyl (C=O) groups excluding carboxylic acids is 2. The van der Waals surface area contributed by atoms with Crippen LogP contribution in [0.25, 0.3) is 10.9 Å². The zero-order valence-corrected chi connectivity index (χ0v) is 17.1. The standard InChI is InChI=1S/C22H24N6O3/c29-18(12-24-22(31)16-11-23-17-4-2-1-3-15(17)19(16)30)28-9-7-14(8-10-28)21-25-20(26-27-21)13-5-6-13/h1-4,11,13-14H,5-10,12H2,(H,23,30)(H,24,31)(H,25,26,27). The first kappa shape index (κ1) is 19.5. The van der Waals surface area contributed by atoms with Gasteiger partial charge in [0.05, 0.1) is 6.54 Å². The van der Waals surface area contributed by atoms with Gasteiger partial charge in [-0.25, -0.2) is 4.98 Å². The second-order valence-corrected chi connectivity index (χ2v) is 8.27. The van der Waals surface area contributed by atoms with Gasteiger partial charge in [0.15, 0.2) is 5.82 Å². The van der Waals surface area contributed by atoms with E-state index < -0.39 is 5.91 Å². The molecule has 3 heterocycles. The van der Waals surface area contributed by atoms with Crippen molar-refractivity contribution in [3.63, 3.8) is 0 Å². The number of amides is 2. The molecule has 31 heavy (non-hydrogen) atoms. The number of aromatic amines is 2. The average Bonchev–Trinajstić information content (AvgIpc) is 3.54. The molecule has 0 atom stereocenters. The molecule has 2 amide bonds. The summed E-state index contributed by atoms with van der Waals surface area (Å²) >= 11 is 0. The fourth-order valence-electron chi connectivity index (χ4n) is 4.10. The smallest absolute Gasteiger partial charge is 0.257 e. The lowest BCUT2D eigenvalue weighted by Crippen LogP contribution is -2.44. The summed E-state index contributed by atoms with van der Waals surface area (Å²) in [4.78, 5) is 46.9. The minimum Gasteiger partial charge on any atom is -0.360 e. The van der Waals surface area contributed by atoms with Crippen LogP contribution < -0.4 is 10.7 Å². The number of rotatable bonds is 5. The molecule has 2 aliphatic rings. The zero-order valence-electron chi connectivity index (χ0n) is 17.1. The van der Waals surface area contributed by atoms with Crippen LogP contribution in [-0.4, -0.2) is 56.5 Å². The van der Waals surface area contributed by atoms with Crippen molar-refractivity contribution >= 4 is 22.7 Å². The van der Waals surface area contributed by atoms with E-state index in [1.807, 2.05) is 6.07 Å². The van der Waals surface area contributed by atoms with E-state index in [1.165, 1.54) is 19.0 Å². The van der Waals surface area contributed by atoms with Crippen LogP contribution in [0.4, 0.5) is 0 Å². The Morgan fingerprint density at radius 2 is 1.87 bits per heavy atom. The van der Waals surface area contributed by atoms with Crippen LogP contribution >= 0.6 is 0 Å². The number of H-pyrrole nitrogens is 2. The summed E-state index contributed by atoms with van der Waals surface area (Å²) in [5, 5.41) is 10.4. The number of piperidine rings is 1. The SMILES string of the molecule is O=C(NCC(=O)N1CCC(c2nc(C3CC3)n[nH]2)CC1)c1c[nH]c2ccccc2c1=O. The number of benzene rings is 1. The summed E-state index contributed by atoms with van der Waals surface area (Å²) in [5.41, 5.74) is 0.318. The second kappa shape index (κ2) is 7.98. The highest BCUT2D eigenvalue weighted by Gasteiger charge is 2.30. The summed E-state index contributed by atoms with van der Waals surface area (Å²) in [6.45, 7) is 1.08. The van der Waals surface area contributed by atoms with Crippen molar-refractivity contribution in [2.45, 2.75) is 37.5 Å². The largest absolute Gasteiger partial charge is 0.360 e. The molecular formula is C22H24N6O3. The maximum absolute atomic E-state index is 12.6. The quantitative estimate of drug-likeness (QED) is 0.579. The highest BCUT2D eigenvalue weighted by atomic mass is 16.2. The van der Waals surface area contributed by atoms with E-state index in [0.29, 0.717) is 29.9 Å². The second-order valence-electron chi connectivity index (χ2n) is 8.27. The first-order chi connectivity index (χ1) is 15.1. The Morgan fingerprint density at radius 3 is 2.65 bits per heavy atom. The molecule has 1 saturated heterocycles. The highest BCUT2D eigenvalue weighted by molar-refractivity contribution is 5.98. The molecule has 0 spiro atoms. The van der Waals surface area contributed by atoms with Gasteiger partial charge in [-0.2, -0.15) is 5.10 Å². The van der Waals surface area contributed by atoms with Gasteiger partial charge in [-0.15, -0.1) is 0 Å². The molecule has 160 valence electrons. The maximum Gasteiger partial charge on any atom is 0.257 e. The number of pyridine rings is 1. The molecule has 0 radical (unpaired) electrons. The van der Waals surface area contributed by atoms with Crippen LogP contribution in [0.1, 0.15) is 59.5 Å². The number of hydrogen-bond donors (Lipinski definition) is 3. The van der Waals surface area contributed by atoms with Crippen LogP contribution in [-0.2, 0) is 4.79 Å². The Bertz CT molecular complexity index is 1190. The highest BCUT2D eigenvalue weighted by Crippen LogP contribution is 2.38. The Labute approximate surface area is 178 Å². The Morgan fingerprint density at radius 1 is 1.10 bits per heavy atom. The summed E-state index contributed by atoms with van der Waals surface area (Å²) in [6.07, 6.45) is 5.35. The maximum atomic E-state index is 12.6. The van der Waals surface area contributed by atoms with Gasteiger partial charge in [-0.05, 0) is 37.8 Å². The van der Waals surface area contributed by atoms with Crippen LogP contribution in [0.5, 0.6) is 0 Å². The summed E-state index contributed by atoms with van der Waals surface area (Å²) < 4.78 is 0. The van der Waals surface area contributed by atoms with Gasteiger partial charge in [-0.1, -0.05) is 12.1 Å². The lowest BCUT2D eigenvalue weighted by Gasteiger charge is -2.31. The van der Waals surface area contributed by atoms with Crippen molar-refractivity contribution < 1.29 is 9.59 Å². The van der Waals surface area contributed by atoms with Gasteiger partial charge < -0.3 is 15.2 Å². The number of para-hydroxylation sites is 1. The minimum absolute atomic E-state index is 0.00185. The summed E-state index contributed by atoms with van der Waals surface area (Å²) in [6, 6.07) is 7.01. The lowest BCUT2D eigenvalue weighted by atomic mass is 9.96. The molecule has 1 saturated carbocycles. The molecule has 9 heteroatoms. The van der Waals surface area contributed by atoms with Crippen molar-refractivity contribution in [3.05, 3.63) is 57.9 Å². The van der Waals surface area contributed by atoms with Gasteiger partial charge in [0.2, 0.25) is 11.3 Å². The lowest BCUT2D eigenvalue weighted by molar-refractivity contribution is -0.131. The minimum atomic E-state index is -0.551. The van der Waals surface area contributed by atoms with E-state index in [9.17, 15) is 14.4 Å². The number of carbonyl (C=O) groups is 2. The van der Waals surface area contributed by atoms with E-state index >= 15 is 0 Å². The topological polar surface area (TPSA) is 124 Å². The predicted octanol–water partition coefficient (Wildman–Crippen LogP) is 1.66. The predicted molar refractivity (Wildman–Crippen MR) is 114 cm³/mol. The van der Waals surface area contributed by atoms with Crippen molar-refractivity contribution in [2.24, 2.45) is 0 Å². The molecule has 3 aromatic rings. The van der Waals surface area contributed by atoms with E-state index in [0.717, 1.165) is 24.5 Å². The number of nitrogens with one attached hydrogen (secondary N) is 3. The van der Waals surface area contributed by atoms with Crippen molar-refractivity contribution in [2.75, 3.05) is 19.6 Å². The normalized spacial score (nSPS) is 17.1. The molecule has 9 nitrogen and oxygen atoms in total. The molecule has 5 rings (SSSR count). The van der Waals surface area contributed by atoms with Gasteiger partial charge in [0.1, 0.15) is 11.4 Å². The molecule has 0 unspecified atom stereocenters. The van der Waals surface area contributed by atoms with Gasteiger partial charge in [0, 0.05) is 42.0 Å². The van der Waals surface area contributed by atoms with Gasteiger partial charge in [-0.3, -0.25) is 19.5 Å². The van der Waals surface area contributed by atoms with E-state index in [1.54, 1.807) is 23.1 Å². The summed E-state index contributed by atoms with van der Waals surface area (Å²) in [7, 11) is 0. The number of likely N-dealkylation sites (tertiary alicyclic amines) is 1. The van der Waals surface area contributed by atoms with Crippen molar-refractivity contribution in [1.82, 2.24) is 30.4 Å². The van der Waals surface area contributed by atoms with Crippen LogP contribution in [0.3, 0.4) is 0 Å². The van der Waals surface area contributed by atoms with Crippen molar-refractivity contribution in [3.8, 4) is 0 Å². The van der Waals surface area contributed by atoms with E-state index in [4.69, 9.17) is 0 Å². The molecule has 2 fully saturated rings. The van der Waals surface area contributed by atoms with Crippen LogP contribution in [0, 0.1) is 0 Å². The first-order valence-corrected chi connectivity index (χ1v) is 10.7. The van der Waals surface area contributed by atoms with Crippen LogP contribution in [0.2, 0.25) is 0 Å². The average molecular weight is 420 g/mol. The van der Waals surface area contributed by atoms with E-state index in [2.05, 4.69) is 25.5 Å². The van der Waals surface area contributed by atoms with Crippen LogP contribution in [0.15, 0.2) is 35.3 Å². The Balaban J connectivity index is 1.15. The summed E-state index contributed by atoms with van der Waals surface area (Å²) in [5.74, 6) is 1.92. The third-order valence-electron chi connectivity index (χ3n) is 6.13. The third kappa shape index (κ3) is 3.95. The molecule has 1 aliphatic heterocycles. The number of nitrogens with zero attached hydrogens (tertiary/aromatic N) is 3. The fourth-order valence-corrected chi connectivity index (χ4v) is 4.10. The third-order valence-corrected chi connectivity index (χ3v) is 6.13. The monoisotopic (exact) mass is 420 g/mol. The fraction of sp³-hybridized carbons (Fsp3) is 0.409. The number of aromatic nitrogens is 4. The molecule has 1 aliphatic carbocycles. The Kier molecular flexibility index (Phi) is 5.01. The molecule has 0 bridgehead atoms. The molecule has 2 aromatic heterocycles. The first-order valence-electron chi connectivity index (χ1n) is 10.7. The molecule has 3 N–H and O–H groups in total. The van der Waals surface area contributed by atoms with Gasteiger partial charge >= 0.3 is 0 Å². The molecular weight excluding hydrogens is 396 g/mol.